The van der Waals surface area contributed by atoms with Gasteiger partial charge in [-0.15, -0.1) is 12.4 Å². The van der Waals surface area contributed by atoms with Crippen LogP contribution in [0, 0.1) is 13.8 Å². The number of methoxy groups -OCH3 is 1. The number of nitrogens with one attached hydrogen (secondary N) is 1. The molecule has 1 aromatic carbocycles. The molecule has 2 aromatic rings. The molecule has 1 N–H and O–H groups in total. The van der Waals surface area contributed by atoms with E-state index < -0.39 is 0 Å². The molecule has 0 spiro atoms. The molecule has 1 amide bonds. The van der Waals surface area contributed by atoms with Gasteiger partial charge in [0.25, 0.3) is 5.95 Å². The summed E-state index contributed by atoms with van der Waals surface area (Å²) in [6.07, 6.45) is 0. The number of piperazine rings is 1. The van der Waals surface area contributed by atoms with Gasteiger partial charge >= 0.3 is 0 Å². The second-order valence-electron chi connectivity index (χ2n) is 6.74. The highest BCUT2D eigenvalue weighted by Crippen LogP contribution is 2.20. The first-order valence-corrected chi connectivity index (χ1v) is 9.27. The zero-order valence-electron chi connectivity index (χ0n) is 17.2. The molecule has 1 saturated heterocycles. The van der Waals surface area contributed by atoms with Crippen molar-refractivity contribution in [2.75, 3.05) is 38.2 Å². The number of halogens is 1. The van der Waals surface area contributed by atoms with Gasteiger partial charge in [0.1, 0.15) is 5.75 Å². The fourth-order valence-electron chi connectivity index (χ4n) is 3.16. The Morgan fingerprint density at radius 1 is 1.07 bits per heavy atom. The predicted octanol–water partition coefficient (Wildman–Crippen LogP) is 2.47. The molecule has 3 rings (SSSR count). The Morgan fingerprint density at radius 3 is 2.17 bits per heavy atom. The van der Waals surface area contributed by atoms with E-state index in [0.29, 0.717) is 11.9 Å². The second-order valence-corrected chi connectivity index (χ2v) is 6.74. The molecular weight excluding hydrogens is 392 g/mol. The monoisotopic (exact) mass is 418 g/mol. The average Bonchev–Trinajstić information content (AvgIpc) is 2.66. The first-order chi connectivity index (χ1) is 13.4. The smallest absolute Gasteiger partial charge is 0.253 e. The Morgan fingerprint density at radius 2 is 1.66 bits per heavy atom. The highest BCUT2D eigenvalue weighted by atomic mass is 35.5. The highest BCUT2D eigenvalue weighted by Gasteiger charge is 2.21. The lowest BCUT2D eigenvalue weighted by molar-refractivity contribution is -0.117. The van der Waals surface area contributed by atoms with Gasteiger partial charge in [-0.1, -0.05) is 0 Å². The van der Waals surface area contributed by atoms with E-state index in [1.54, 1.807) is 7.11 Å². The van der Waals surface area contributed by atoms with Gasteiger partial charge in [-0.25, -0.2) is 9.97 Å². The number of anilines is 1. The molecule has 0 unspecified atom stereocenters. The van der Waals surface area contributed by atoms with Crippen molar-refractivity contribution in [3.05, 3.63) is 41.7 Å². The summed E-state index contributed by atoms with van der Waals surface area (Å²) in [7, 11) is 1.66. The van der Waals surface area contributed by atoms with Crippen molar-refractivity contribution in [1.29, 1.82) is 0 Å². The number of hydrogen-bond donors (Lipinski definition) is 1. The highest BCUT2D eigenvalue weighted by molar-refractivity contribution is 5.96. The first kappa shape index (κ1) is 22.4. The molecule has 0 bridgehead atoms. The number of rotatable bonds is 3. The lowest BCUT2D eigenvalue weighted by Gasteiger charge is -2.37. The molecule has 9 heteroatoms. The number of hydrogen-bond acceptors (Lipinski definition) is 6. The van der Waals surface area contributed by atoms with Crippen LogP contribution in [-0.2, 0) is 4.79 Å². The van der Waals surface area contributed by atoms with Crippen molar-refractivity contribution in [3.8, 4) is 5.75 Å². The molecule has 0 aliphatic carbocycles. The van der Waals surface area contributed by atoms with Crippen molar-refractivity contribution in [3.63, 3.8) is 0 Å². The van der Waals surface area contributed by atoms with E-state index in [1.807, 2.05) is 32.0 Å². The van der Waals surface area contributed by atoms with Gasteiger partial charge in [0.05, 0.1) is 7.11 Å². The van der Waals surface area contributed by atoms with Crippen LogP contribution >= 0.6 is 12.4 Å². The minimum atomic E-state index is -0.166. The van der Waals surface area contributed by atoms with Gasteiger partial charge in [-0.05, 0) is 44.2 Å². The van der Waals surface area contributed by atoms with Gasteiger partial charge in [-0.2, -0.15) is 4.99 Å². The topological polar surface area (TPSA) is 82.9 Å². The Labute approximate surface area is 177 Å². The SMILES string of the molecule is COc1ccc(N2CCN(C(=Nc3nc(C)cc(C)n3)NC(C)=O)CC2)cc1.Cl. The third-order valence-corrected chi connectivity index (χ3v) is 4.48. The Bertz CT molecular complexity index is 844. The maximum atomic E-state index is 11.7. The summed E-state index contributed by atoms with van der Waals surface area (Å²) >= 11 is 0. The Balaban J connectivity index is 0.00000300. The van der Waals surface area contributed by atoms with Gasteiger partial charge in [-0.3, -0.25) is 10.1 Å². The standard InChI is InChI=1S/C20H26N6O2.ClH/c1-14-13-15(2)22-19(21-14)24-20(23-16(3)27)26-11-9-25(10-12-26)17-5-7-18(28-4)8-6-17;/h5-8,13H,9-12H2,1-4H3,(H,21,22,23,24,27);1H. The third-order valence-electron chi connectivity index (χ3n) is 4.48. The third kappa shape index (κ3) is 6.05. The van der Waals surface area contributed by atoms with Crippen molar-refractivity contribution < 1.29 is 9.53 Å². The normalized spacial score (nSPS) is 14.3. The number of carbonyl (C=O) groups is 1. The van der Waals surface area contributed by atoms with E-state index in [9.17, 15) is 4.79 Å². The number of guanidine groups is 1. The van der Waals surface area contributed by atoms with Gasteiger partial charge in [0.15, 0.2) is 0 Å². The largest absolute Gasteiger partial charge is 0.497 e. The molecule has 0 atom stereocenters. The molecular formula is C20H27ClN6O2. The zero-order valence-corrected chi connectivity index (χ0v) is 18.0. The van der Waals surface area contributed by atoms with E-state index in [4.69, 9.17) is 4.74 Å². The fraction of sp³-hybridized carbons (Fsp3) is 0.400. The summed E-state index contributed by atoms with van der Waals surface area (Å²) in [5.41, 5.74) is 2.84. The Kier molecular flexibility index (Phi) is 7.78. The van der Waals surface area contributed by atoms with Gasteiger partial charge in [0, 0.05) is 50.2 Å². The molecule has 8 nitrogen and oxygen atoms in total. The molecule has 1 aliphatic heterocycles. The summed E-state index contributed by atoms with van der Waals surface area (Å²) in [6, 6.07) is 9.93. The molecule has 1 aromatic heterocycles. The zero-order chi connectivity index (χ0) is 20.1. The van der Waals surface area contributed by atoms with Gasteiger partial charge in [0.2, 0.25) is 11.9 Å². The number of ether oxygens (including phenoxy) is 1. The van der Waals surface area contributed by atoms with Crippen LogP contribution in [0.5, 0.6) is 5.75 Å². The first-order valence-electron chi connectivity index (χ1n) is 9.27. The van der Waals surface area contributed by atoms with Crippen LogP contribution in [0.2, 0.25) is 0 Å². The number of carbonyl (C=O) groups excluding carboxylic acids is 1. The summed E-state index contributed by atoms with van der Waals surface area (Å²) in [4.78, 5) is 29.3. The number of aryl methyl sites for hydroxylation is 2. The quantitative estimate of drug-likeness (QED) is 0.609. The minimum absolute atomic E-state index is 0. The van der Waals surface area contributed by atoms with Crippen LogP contribution in [0.4, 0.5) is 11.6 Å². The minimum Gasteiger partial charge on any atom is -0.497 e. The van der Waals surface area contributed by atoms with Crippen molar-refractivity contribution in [2.45, 2.75) is 20.8 Å². The van der Waals surface area contributed by atoms with Crippen LogP contribution < -0.4 is 15.0 Å². The summed E-state index contributed by atoms with van der Waals surface area (Å²) in [6.45, 7) is 8.38. The van der Waals surface area contributed by atoms with Gasteiger partial charge < -0.3 is 14.5 Å². The number of amides is 1. The van der Waals surface area contributed by atoms with E-state index >= 15 is 0 Å². The molecule has 2 heterocycles. The summed E-state index contributed by atoms with van der Waals surface area (Å²) in [5, 5.41) is 2.83. The van der Waals surface area contributed by atoms with Crippen LogP contribution in [-0.4, -0.2) is 60.0 Å². The van der Waals surface area contributed by atoms with E-state index in [0.717, 1.165) is 49.0 Å². The van der Waals surface area contributed by atoms with Crippen molar-refractivity contribution in [1.82, 2.24) is 20.2 Å². The van der Waals surface area contributed by atoms with Crippen molar-refractivity contribution in [2.24, 2.45) is 4.99 Å². The van der Waals surface area contributed by atoms with E-state index in [1.165, 1.54) is 6.92 Å². The molecule has 0 saturated carbocycles. The van der Waals surface area contributed by atoms with Crippen LogP contribution in [0.3, 0.4) is 0 Å². The maximum absolute atomic E-state index is 11.7. The number of aliphatic imine (C=N–C) groups is 1. The number of benzene rings is 1. The molecule has 29 heavy (non-hydrogen) atoms. The summed E-state index contributed by atoms with van der Waals surface area (Å²) < 4.78 is 5.22. The lowest BCUT2D eigenvalue weighted by atomic mass is 10.2. The average molecular weight is 419 g/mol. The van der Waals surface area contributed by atoms with E-state index in [2.05, 4.69) is 42.2 Å². The fourth-order valence-corrected chi connectivity index (χ4v) is 3.16. The second kappa shape index (κ2) is 10.1. The van der Waals surface area contributed by atoms with E-state index in [-0.39, 0.29) is 18.3 Å². The summed E-state index contributed by atoms with van der Waals surface area (Å²) in [5.74, 6) is 1.53. The maximum Gasteiger partial charge on any atom is 0.253 e. The Hall–Kier alpha value is -2.87. The molecule has 0 radical (unpaired) electrons. The number of nitrogens with zero attached hydrogens (tertiary/aromatic N) is 5. The predicted molar refractivity (Wildman–Crippen MR) is 116 cm³/mol. The number of aromatic nitrogens is 2. The molecule has 1 fully saturated rings. The molecule has 156 valence electrons. The van der Waals surface area contributed by atoms with Crippen molar-refractivity contribution >= 4 is 35.9 Å². The van der Waals surface area contributed by atoms with Crippen LogP contribution in [0.1, 0.15) is 18.3 Å². The lowest BCUT2D eigenvalue weighted by Crippen LogP contribution is -2.53. The molecule has 1 aliphatic rings. The van der Waals surface area contributed by atoms with Crippen LogP contribution in [0.15, 0.2) is 35.3 Å². The van der Waals surface area contributed by atoms with Crippen LogP contribution in [0.25, 0.3) is 0 Å².